The van der Waals surface area contributed by atoms with Gasteiger partial charge >= 0.3 is 0 Å². The molecule has 0 fully saturated rings. The van der Waals surface area contributed by atoms with E-state index < -0.39 is 0 Å². The predicted molar refractivity (Wildman–Crippen MR) is 85.3 cm³/mol. The topological polar surface area (TPSA) is 50.9 Å². The van der Waals surface area contributed by atoms with Crippen molar-refractivity contribution in [2.24, 2.45) is 0 Å². The molecule has 2 rings (SSSR count). The summed E-state index contributed by atoms with van der Waals surface area (Å²) in [7, 11) is 0. The Morgan fingerprint density at radius 3 is 2.84 bits per heavy atom. The van der Waals surface area contributed by atoms with Gasteiger partial charge in [-0.15, -0.1) is 11.3 Å². The first-order valence-corrected chi connectivity index (χ1v) is 7.92. The van der Waals surface area contributed by atoms with Crippen molar-refractivity contribution in [3.63, 3.8) is 0 Å². The van der Waals surface area contributed by atoms with Gasteiger partial charge in [-0.05, 0) is 37.1 Å². The highest BCUT2D eigenvalue weighted by Crippen LogP contribution is 2.22. The molecule has 3 nitrogen and oxygen atoms in total. The molecule has 0 saturated heterocycles. The van der Waals surface area contributed by atoms with Crippen molar-refractivity contribution >= 4 is 33.0 Å². The number of nitrogen functional groups attached to an aromatic ring is 1. The molecule has 0 aliphatic heterocycles. The molecule has 0 bridgehead atoms. The lowest BCUT2D eigenvalue weighted by molar-refractivity contribution is 0.572. The number of halogens is 1. The van der Waals surface area contributed by atoms with E-state index in [1.54, 1.807) is 11.3 Å². The molecule has 1 aromatic carbocycles. The predicted octanol–water partition coefficient (Wildman–Crippen LogP) is 3.90. The number of rotatable bonds is 5. The average molecular weight is 340 g/mol. The Morgan fingerprint density at radius 2 is 2.21 bits per heavy atom. The minimum atomic E-state index is 0.255. The van der Waals surface area contributed by atoms with Gasteiger partial charge in [0, 0.05) is 27.8 Å². The third-order valence-electron chi connectivity index (χ3n) is 2.88. The molecule has 0 aliphatic rings. The van der Waals surface area contributed by atoms with Crippen LogP contribution >= 0.6 is 27.3 Å². The minimum absolute atomic E-state index is 0.255. The monoisotopic (exact) mass is 339 g/mol. The van der Waals surface area contributed by atoms with Crippen LogP contribution in [0.5, 0.6) is 0 Å². The van der Waals surface area contributed by atoms with Crippen LogP contribution < -0.4 is 11.1 Å². The van der Waals surface area contributed by atoms with Crippen molar-refractivity contribution in [3.05, 3.63) is 44.3 Å². The first-order valence-electron chi connectivity index (χ1n) is 6.31. The van der Waals surface area contributed by atoms with Gasteiger partial charge in [-0.3, -0.25) is 0 Å². The Hall–Kier alpha value is -0.910. The summed E-state index contributed by atoms with van der Waals surface area (Å²) in [5.74, 6) is 0. The first-order chi connectivity index (χ1) is 9.08. The van der Waals surface area contributed by atoms with E-state index in [4.69, 9.17) is 5.73 Å². The number of hydrogen-bond acceptors (Lipinski definition) is 4. The quantitative estimate of drug-likeness (QED) is 0.812. The molecule has 0 saturated carbocycles. The zero-order valence-electron chi connectivity index (χ0n) is 11.1. The number of hydrogen-bond donors (Lipinski definition) is 2. The number of anilines is 1. The van der Waals surface area contributed by atoms with E-state index in [1.807, 2.05) is 18.3 Å². The van der Waals surface area contributed by atoms with Crippen molar-refractivity contribution in [1.29, 1.82) is 0 Å². The second kappa shape index (κ2) is 6.50. The fourth-order valence-electron chi connectivity index (χ4n) is 1.82. The number of nitrogens with one attached hydrogen (secondary N) is 1. The smallest absolute Gasteiger partial charge is 0.109 e. The summed E-state index contributed by atoms with van der Waals surface area (Å²) in [5.41, 5.74) is 7.78. The maximum atomic E-state index is 5.83. The highest BCUT2D eigenvalue weighted by Gasteiger charge is 2.09. The van der Waals surface area contributed by atoms with Crippen LogP contribution in [0.3, 0.4) is 0 Å². The van der Waals surface area contributed by atoms with Gasteiger partial charge in [-0.1, -0.05) is 22.9 Å². The zero-order valence-corrected chi connectivity index (χ0v) is 13.5. The molecule has 5 heteroatoms. The normalized spacial score (nSPS) is 12.6. The number of aromatic nitrogens is 1. The molecule has 1 atom stereocenters. The minimum Gasteiger partial charge on any atom is -0.399 e. The van der Waals surface area contributed by atoms with Gasteiger partial charge in [-0.25, -0.2) is 4.98 Å². The zero-order chi connectivity index (χ0) is 13.8. The van der Waals surface area contributed by atoms with Crippen LogP contribution in [0.4, 0.5) is 5.69 Å². The van der Waals surface area contributed by atoms with E-state index in [0.29, 0.717) is 0 Å². The molecule has 19 heavy (non-hydrogen) atoms. The van der Waals surface area contributed by atoms with Crippen LogP contribution in [-0.4, -0.2) is 4.98 Å². The largest absolute Gasteiger partial charge is 0.399 e. The Kier molecular flexibility index (Phi) is 4.96. The Balaban J connectivity index is 1.97. The van der Waals surface area contributed by atoms with E-state index >= 15 is 0 Å². The van der Waals surface area contributed by atoms with Crippen molar-refractivity contribution in [2.75, 3.05) is 5.73 Å². The van der Waals surface area contributed by atoms with Crippen molar-refractivity contribution in [2.45, 2.75) is 32.9 Å². The van der Waals surface area contributed by atoms with E-state index in [1.165, 1.54) is 10.4 Å². The number of aryl methyl sites for hydroxylation is 1. The number of benzene rings is 1. The summed E-state index contributed by atoms with van der Waals surface area (Å²) in [6.45, 7) is 5.07. The first kappa shape index (κ1) is 14.5. The Morgan fingerprint density at radius 1 is 1.42 bits per heavy atom. The summed E-state index contributed by atoms with van der Waals surface area (Å²) in [6.07, 6.45) is 3.02. The Labute approximate surface area is 126 Å². The molecule has 1 heterocycles. The van der Waals surface area contributed by atoms with Crippen LogP contribution in [-0.2, 0) is 13.0 Å². The fraction of sp³-hybridized carbons (Fsp3) is 0.357. The molecule has 1 unspecified atom stereocenters. The standard InChI is InChI=1S/C14H18BrN3S/c1-3-13-8-18-14(19-13)9(2)17-7-10-4-11(15)6-12(16)5-10/h4-6,8-9,17H,3,7,16H2,1-2H3. The van der Waals surface area contributed by atoms with Gasteiger partial charge in [0.15, 0.2) is 0 Å². The number of nitrogens with zero attached hydrogens (tertiary/aromatic N) is 1. The molecule has 2 aromatic rings. The molecular formula is C14H18BrN3S. The van der Waals surface area contributed by atoms with Crippen LogP contribution in [0, 0.1) is 0 Å². The van der Waals surface area contributed by atoms with Crippen molar-refractivity contribution in [1.82, 2.24) is 10.3 Å². The number of thiazole rings is 1. The summed E-state index contributed by atoms with van der Waals surface area (Å²) in [4.78, 5) is 5.79. The molecule has 0 amide bonds. The second-order valence-electron chi connectivity index (χ2n) is 4.51. The van der Waals surface area contributed by atoms with E-state index in [2.05, 4.69) is 46.1 Å². The van der Waals surface area contributed by atoms with Gasteiger partial charge in [0.05, 0.1) is 6.04 Å². The number of nitrogens with two attached hydrogens (primary N) is 1. The highest BCUT2D eigenvalue weighted by atomic mass is 79.9. The van der Waals surface area contributed by atoms with Gasteiger partial charge in [0.2, 0.25) is 0 Å². The third kappa shape index (κ3) is 4.03. The van der Waals surface area contributed by atoms with E-state index in [9.17, 15) is 0 Å². The molecule has 3 N–H and O–H groups in total. The second-order valence-corrected chi connectivity index (χ2v) is 6.58. The van der Waals surface area contributed by atoms with Crippen LogP contribution in [0.15, 0.2) is 28.9 Å². The lowest BCUT2D eigenvalue weighted by atomic mass is 10.2. The summed E-state index contributed by atoms with van der Waals surface area (Å²) < 4.78 is 1.01. The Bertz CT molecular complexity index is 533. The lowest BCUT2D eigenvalue weighted by Crippen LogP contribution is -2.18. The summed E-state index contributed by atoms with van der Waals surface area (Å²) in [6, 6.07) is 6.23. The molecular weight excluding hydrogens is 322 g/mol. The van der Waals surface area contributed by atoms with Gasteiger partial charge in [0.1, 0.15) is 5.01 Å². The van der Waals surface area contributed by atoms with Gasteiger partial charge < -0.3 is 11.1 Å². The fourth-order valence-corrected chi connectivity index (χ4v) is 3.26. The lowest BCUT2D eigenvalue weighted by Gasteiger charge is -2.11. The van der Waals surface area contributed by atoms with Gasteiger partial charge in [-0.2, -0.15) is 0 Å². The third-order valence-corrected chi connectivity index (χ3v) is 4.66. The molecule has 102 valence electrons. The SMILES string of the molecule is CCc1cnc(C(C)NCc2cc(N)cc(Br)c2)s1. The van der Waals surface area contributed by atoms with Crippen molar-refractivity contribution in [3.8, 4) is 0 Å². The van der Waals surface area contributed by atoms with Gasteiger partial charge in [0.25, 0.3) is 0 Å². The summed E-state index contributed by atoms with van der Waals surface area (Å²) >= 11 is 5.23. The maximum absolute atomic E-state index is 5.83. The van der Waals surface area contributed by atoms with Crippen molar-refractivity contribution < 1.29 is 0 Å². The molecule has 0 aliphatic carbocycles. The highest BCUT2D eigenvalue weighted by molar-refractivity contribution is 9.10. The molecule has 1 aromatic heterocycles. The van der Waals surface area contributed by atoms with Crippen LogP contribution in [0.2, 0.25) is 0 Å². The summed E-state index contributed by atoms with van der Waals surface area (Å²) in [5, 5.41) is 4.62. The maximum Gasteiger partial charge on any atom is 0.109 e. The van der Waals surface area contributed by atoms with E-state index in [0.717, 1.165) is 28.1 Å². The molecule has 0 radical (unpaired) electrons. The average Bonchev–Trinajstić information content (AvgIpc) is 2.83. The van der Waals surface area contributed by atoms with Crippen LogP contribution in [0.1, 0.15) is 35.3 Å². The molecule has 0 spiro atoms. The van der Waals surface area contributed by atoms with Crippen LogP contribution in [0.25, 0.3) is 0 Å². The van der Waals surface area contributed by atoms with E-state index in [-0.39, 0.29) is 6.04 Å².